The molecule has 21 heavy (non-hydrogen) atoms. The molecule has 122 valence electrons. The maximum absolute atomic E-state index is 6.06. The Bertz CT molecular complexity index is 421. The summed E-state index contributed by atoms with van der Waals surface area (Å²) < 4.78 is 6.06. The van der Waals surface area contributed by atoms with Gasteiger partial charge in [-0.25, -0.2) is 4.98 Å². The first-order valence-corrected chi connectivity index (χ1v) is 8.75. The Kier molecular flexibility index (Phi) is 6.78. The van der Waals surface area contributed by atoms with E-state index in [4.69, 9.17) is 15.6 Å². The van der Waals surface area contributed by atoms with Gasteiger partial charge < -0.3 is 4.74 Å². The minimum atomic E-state index is -0.225. The van der Waals surface area contributed by atoms with Crippen LogP contribution in [0.5, 0.6) is 0 Å². The van der Waals surface area contributed by atoms with Crippen LogP contribution in [0.15, 0.2) is 5.38 Å². The third-order valence-electron chi connectivity index (χ3n) is 4.16. The smallest absolute Gasteiger partial charge is 0.0945 e. The summed E-state index contributed by atoms with van der Waals surface area (Å²) in [5, 5.41) is 3.28. The number of hydrazine groups is 1. The second-order valence-electron chi connectivity index (χ2n) is 6.50. The second kappa shape index (κ2) is 7.68. The van der Waals surface area contributed by atoms with Crippen molar-refractivity contribution in [3.05, 3.63) is 16.1 Å². The number of hydrogen-bond donors (Lipinski definition) is 2. The van der Waals surface area contributed by atoms with E-state index < -0.39 is 0 Å². The summed E-state index contributed by atoms with van der Waals surface area (Å²) >= 11 is 1.71. The molecule has 0 aliphatic carbocycles. The lowest BCUT2D eigenvalue weighted by atomic mass is 9.86. The highest BCUT2D eigenvalue weighted by molar-refractivity contribution is 7.09. The number of hydrogen-bond acceptors (Lipinski definition) is 5. The van der Waals surface area contributed by atoms with E-state index in [0.717, 1.165) is 30.0 Å². The fraction of sp³-hybridized carbons (Fsp3) is 0.812. The van der Waals surface area contributed by atoms with Gasteiger partial charge in [-0.2, -0.15) is 0 Å². The second-order valence-corrected chi connectivity index (χ2v) is 7.45. The molecule has 0 saturated heterocycles. The summed E-state index contributed by atoms with van der Waals surface area (Å²) in [6.45, 7) is 13.6. The summed E-state index contributed by atoms with van der Waals surface area (Å²) in [6.07, 6.45) is 2.67. The van der Waals surface area contributed by atoms with E-state index in [1.807, 2.05) is 6.92 Å². The first-order valence-electron chi connectivity index (χ1n) is 7.87. The van der Waals surface area contributed by atoms with Crippen LogP contribution in [0.1, 0.15) is 65.1 Å². The van der Waals surface area contributed by atoms with Gasteiger partial charge >= 0.3 is 0 Å². The van der Waals surface area contributed by atoms with Gasteiger partial charge in [0.25, 0.3) is 0 Å². The third-order valence-corrected chi connectivity index (χ3v) is 5.04. The fourth-order valence-electron chi connectivity index (χ4n) is 2.66. The number of rotatable bonds is 8. The molecule has 0 amide bonds. The van der Waals surface area contributed by atoms with Crippen molar-refractivity contribution in [3.63, 3.8) is 0 Å². The first-order chi connectivity index (χ1) is 9.82. The molecule has 1 aromatic rings. The molecular formula is C16H31N3OS. The standard InChI is InChI=1S/C16H31N3OS/c1-7-16(8-2,20-9-3)12(19-17)10-14-18-13(11-21-14)15(4,5)6/h11-12,19H,7-10,17H2,1-6H3. The maximum atomic E-state index is 6.06. The van der Waals surface area contributed by atoms with Crippen molar-refractivity contribution in [2.45, 2.75) is 77.9 Å². The summed E-state index contributed by atoms with van der Waals surface area (Å²) in [5.74, 6) is 5.83. The van der Waals surface area contributed by atoms with Crippen molar-refractivity contribution in [1.29, 1.82) is 0 Å². The Balaban J connectivity index is 2.93. The highest BCUT2D eigenvalue weighted by Crippen LogP contribution is 2.29. The van der Waals surface area contributed by atoms with E-state index in [0.29, 0.717) is 6.61 Å². The van der Waals surface area contributed by atoms with Crippen molar-refractivity contribution in [1.82, 2.24) is 10.4 Å². The van der Waals surface area contributed by atoms with Crippen molar-refractivity contribution in [2.24, 2.45) is 5.84 Å². The Morgan fingerprint density at radius 3 is 2.29 bits per heavy atom. The number of nitrogens with two attached hydrogens (primary N) is 1. The molecule has 5 heteroatoms. The normalized spacial score (nSPS) is 14.4. The average molecular weight is 314 g/mol. The molecule has 0 aliphatic rings. The molecule has 0 fully saturated rings. The predicted molar refractivity (Wildman–Crippen MR) is 90.6 cm³/mol. The molecule has 0 saturated carbocycles. The van der Waals surface area contributed by atoms with Crippen molar-refractivity contribution < 1.29 is 4.74 Å². The zero-order valence-corrected chi connectivity index (χ0v) is 15.1. The summed E-state index contributed by atoms with van der Waals surface area (Å²) in [7, 11) is 0. The molecule has 0 aromatic carbocycles. The van der Waals surface area contributed by atoms with Crippen LogP contribution in [-0.4, -0.2) is 23.2 Å². The fourth-order valence-corrected chi connectivity index (χ4v) is 3.72. The van der Waals surface area contributed by atoms with E-state index in [2.05, 4.69) is 45.4 Å². The SMILES string of the molecule is CCOC(CC)(CC)C(Cc1nc(C(C)(C)C)cs1)NN. The van der Waals surface area contributed by atoms with Gasteiger partial charge in [0.05, 0.1) is 22.3 Å². The van der Waals surface area contributed by atoms with Gasteiger partial charge in [-0.15, -0.1) is 11.3 Å². The van der Waals surface area contributed by atoms with Crippen molar-refractivity contribution >= 4 is 11.3 Å². The van der Waals surface area contributed by atoms with E-state index in [-0.39, 0.29) is 17.1 Å². The Morgan fingerprint density at radius 2 is 1.90 bits per heavy atom. The average Bonchev–Trinajstić information content (AvgIpc) is 2.91. The topological polar surface area (TPSA) is 60.2 Å². The zero-order chi connectivity index (χ0) is 16.1. The van der Waals surface area contributed by atoms with Crippen LogP contribution >= 0.6 is 11.3 Å². The van der Waals surface area contributed by atoms with E-state index in [1.165, 1.54) is 0 Å². The van der Waals surface area contributed by atoms with Gasteiger partial charge in [-0.05, 0) is 19.8 Å². The number of aromatic nitrogens is 1. The van der Waals surface area contributed by atoms with Crippen LogP contribution < -0.4 is 11.3 Å². The summed E-state index contributed by atoms with van der Waals surface area (Å²) in [6, 6.07) is 0.0754. The van der Waals surface area contributed by atoms with Crippen molar-refractivity contribution in [3.8, 4) is 0 Å². The van der Waals surface area contributed by atoms with Crippen LogP contribution in [0.25, 0.3) is 0 Å². The molecule has 1 unspecified atom stereocenters. The van der Waals surface area contributed by atoms with E-state index in [1.54, 1.807) is 11.3 Å². The number of nitrogens with zero attached hydrogens (tertiary/aromatic N) is 1. The van der Waals surface area contributed by atoms with Crippen LogP contribution in [0, 0.1) is 0 Å². The molecule has 0 bridgehead atoms. The van der Waals surface area contributed by atoms with Crippen molar-refractivity contribution in [2.75, 3.05) is 6.61 Å². The molecule has 0 radical (unpaired) electrons. The Morgan fingerprint density at radius 1 is 1.29 bits per heavy atom. The number of thiazole rings is 1. The lowest BCUT2D eigenvalue weighted by Gasteiger charge is -2.38. The predicted octanol–water partition coefficient (Wildman–Crippen LogP) is 3.41. The molecule has 1 aromatic heterocycles. The van der Waals surface area contributed by atoms with E-state index >= 15 is 0 Å². The zero-order valence-electron chi connectivity index (χ0n) is 14.3. The van der Waals surface area contributed by atoms with Gasteiger partial charge in [0, 0.05) is 23.8 Å². The van der Waals surface area contributed by atoms with Crippen LogP contribution in [0.2, 0.25) is 0 Å². The maximum Gasteiger partial charge on any atom is 0.0945 e. The van der Waals surface area contributed by atoms with Gasteiger partial charge in [0.15, 0.2) is 0 Å². The molecule has 0 spiro atoms. The van der Waals surface area contributed by atoms with Crippen LogP contribution in [0.3, 0.4) is 0 Å². The highest BCUT2D eigenvalue weighted by Gasteiger charge is 2.36. The highest BCUT2D eigenvalue weighted by atomic mass is 32.1. The van der Waals surface area contributed by atoms with Crippen LogP contribution in [-0.2, 0) is 16.6 Å². The molecule has 0 aliphatic heterocycles. The number of ether oxygens (including phenoxy) is 1. The first kappa shape index (κ1) is 18.6. The van der Waals surface area contributed by atoms with Gasteiger partial charge in [-0.3, -0.25) is 11.3 Å². The lowest BCUT2D eigenvalue weighted by Crippen LogP contribution is -2.55. The van der Waals surface area contributed by atoms with Crippen LogP contribution in [0.4, 0.5) is 0 Å². The number of nitrogens with one attached hydrogen (secondary N) is 1. The van der Waals surface area contributed by atoms with Gasteiger partial charge in [0.1, 0.15) is 0 Å². The van der Waals surface area contributed by atoms with Gasteiger partial charge in [0.2, 0.25) is 0 Å². The molecule has 1 heterocycles. The molecule has 1 rings (SSSR count). The molecule has 1 atom stereocenters. The Hall–Kier alpha value is -0.490. The molecule has 3 N–H and O–H groups in total. The molecule has 4 nitrogen and oxygen atoms in total. The lowest BCUT2D eigenvalue weighted by molar-refractivity contribution is -0.0719. The largest absolute Gasteiger partial charge is 0.374 e. The Labute approximate surface area is 133 Å². The monoisotopic (exact) mass is 313 g/mol. The molecular weight excluding hydrogens is 282 g/mol. The minimum absolute atomic E-state index is 0.0754. The summed E-state index contributed by atoms with van der Waals surface area (Å²) in [4.78, 5) is 4.78. The third kappa shape index (κ3) is 4.49. The van der Waals surface area contributed by atoms with Gasteiger partial charge in [-0.1, -0.05) is 34.6 Å². The van der Waals surface area contributed by atoms with E-state index in [9.17, 15) is 0 Å². The summed E-state index contributed by atoms with van der Waals surface area (Å²) in [5.41, 5.74) is 3.98. The minimum Gasteiger partial charge on any atom is -0.374 e. The quantitative estimate of drug-likeness (QED) is 0.570.